The smallest absolute Gasteiger partial charge is 0.175 e. The maximum atomic E-state index is 11.5. The van der Waals surface area contributed by atoms with Crippen molar-refractivity contribution in [3.8, 4) is 0 Å². The molecule has 1 aromatic heterocycles. The summed E-state index contributed by atoms with van der Waals surface area (Å²) in [7, 11) is -3.13. The second-order valence-electron chi connectivity index (χ2n) is 4.39. The molecule has 0 aliphatic heterocycles. The standard InChI is InChI=1S/C14H17NO2S2/c1-3-15-14(12-8-9-18-10-12)11-4-6-13(7-5-11)19(2,16)17/h4-10,14-15H,3H2,1-2H3. The molecule has 3 nitrogen and oxygen atoms in total. The Hall–Kier alpha value is -1.17. The van der Waals surface area contributed by atoms with E-state index >= 15 is 0 Å². The van der Waals surface area contributed by atoms with Crippen molar-refractivity contribution >= 4 is 21.2 Å². The second kappa shape index (κ2) is 5.86. The summed E-state index contributed by atoms with van der Waals surface area (Å²) >= 11 is 1.66. The average Bonchev–Trinajstić information content (AvgIpc) is 2.89. The lowest BCUT2D eigenvalue weighted by atomic mass is 10.0. The van der Waals surface area contributed by atoms with E-state index in [-0.39, 0.29) is 6.04 Å². The number of nitrogens with one attached hydrogen (secondary N) is 1. The van der Waals surface area contributed by atoms with Gasteiger partial charge in [-0.1, -0.05) is 19.1 Å². The molecule has 19 heavy (non-hydrogen) atoms. The molecule has 1 atom stereocenters. The van der Waals surface area contributed by atoms with Gasteiger partial charge in [-0.25, -0.2) is 8.42 Å². The molecule has 2 rings (SSSR count). The Labute approximate surface area is 118 Å². The summed E-state index contributed by atoms with van der Waals surface area (Å²) in [5.41, 5.74) is 2.28. The molecule has 0 saturated heterocycles. The third kappa shape index (κ3) is 3.43. The quantitative estimate of drug-likeness (QED) is 0.922. The first-order chi connectivity index (χ1) is 9.02. The van der Waals surface area contributed by atoms with Crippen LogP contribution in [0.25, 0.3) is 0 Å². The van der Waals surface area contributed by atoms with Gasteiger partial charge in [0.15, 0.2) is 9.84 Å². The number of hydrogen-bond acceptors (Lipinski definition) is 4. The Morgan fingerprint density at radius 2 is 1.84 bits per heavy atom. The maximum Gasteiger partial charge on any atom is 0.175 e. The molecular formula is C14H17NO2S2. The van der Waals surface area contributed by atoms with E-state index in [9.17, 15) is 8.42 Å². The highest BCUT2D eigenvalue weighted by molar-refractivity contribution is 7.90. The fraction of sp³-hybridized carbons (Fsp3) is 0.286. The fourth-order valence-corrected chi connectivity index (χ4v) is 3.30. The van der Waals surface area contributed by atoms with Crippen LogP contribution in [0.2, 0.25) is 0 Å². The molecule has 1 aromatic carbocycles. The third-order valence-electron chi connectivity index (χ3n) is 2.93. The number of rotatable bonds is 5. The van der Waals surface area contributed by atoms with Gasteiger partial charge in [0.25, 0.3) is 0 Å². The molecular weight excluding hydrogens is 278 g/mol. The summed E-state index contributed by atoms with van der Waals surface area (Å²) in [5, 5.41) is 7.57. The molecule has 0 bridgehead atoms. The van der Waals surface area contributed by atoms with Crippen LogP contribution in [0.3, 0.4) is 0 Å². The van der Waals surface area contributed by atoms with Gasteiger partial charge in [0.1, 0.15) is 0 Å². The molecule has 0 aliphatic carbocycles. The second-order valence-corrected chi connectivity index (χ2v) is 7.18. The summed E-state index contributed by atoms with van der Waals surface area (Å²) in [6.45, 7) is 2.92. The first kappa shape index (κ1) is 14.2. The van der Waals surface area contributed by atoms with Gasteiger partial charge in [0.05, 0.1) is 10.9 Å². The number of hydrogen-bond donors (Lipinski definition) is 1. The number of benzene rings is 1. The molecule has 0 amide bonds. The van der Waals surface area contributed by atoms with Crippen molar-refractivity contribution < 1.29 is 8.42 Å². The normalized spacial score (nSPS) is 13.4. The molecule has 0 fully saturated rings. The van der Waals surface area contributed by atoms with Crippen LogP contribution >= 0.6 is 11.3 Å². The van der Waals surface area contributed by atoms with Gasteiger partial charge in [-0.15, -0.1) is 0 Å². The van der Waals surface area contributed by atoms with Crippen molar-refractivity contribution in [2.45, 2.75) is 17.9 Å². The van der Waals surface area contributed by atoms with E-state index in [1.807, 2.05) is 17.5 Å². The van der Waals surface area contributed by atoms with E-state index in [2.05, 4.69) is 23.7 Å². The van der Waals surface area contributed by atoms with Crippen LogP contribution in [0.5, 0.6) is 0 Å². The van der Waals surface area contributed by atoms with Crippen LogP contribution in [0, 0.1) is 0 Å². The van der Waals surface area contributed by atoms with E-state index in [1.54, 1.807) is 23.5 Å². The molecule has 0 aliphatic rings. The van der Waals surface area contributed by atoms with Gasteiger partial charge in [-0.3, -0.25) is 0 Å². The third-order valence-corrected chi connectivity index (χ3v) is 4.76. The average molecular weight is 295 g/mol. The molecule has 102 valence electrons. The van der Waals surface area contributed by atoms with Crippen LogP contribution < -0.4 is 5.32 Å². The minimum absolute atomic E-state index is 0.116. The Morgan fingerprint density at radius 3 is 2.32 bits per heavy atom. The van der Waals surface area contributed by atoms with Gasteiger partial charge in [0, 0.05) is 6.26 Å². The molecule has 0 saturated carbocycles. The first-order valence-corrected chi connectivity index (χ1v) is 8.91. The van der Waals surface area contributed by atoms with Crippen molar-refractivity contribution in [3.63, 3.8) is 0 Å². The lowest BCUT2D eigenvalue weighted by molar-refractivity contribution is 0.601. The summed E-state index contributed by atoms with van der Waals surface area (Å²) in [4.78, 5) is 0.358. The fourth-order valence-electron chi connectivity index (χ4n) is 1.98. The lowest BCUT2D eigenvalue weighted by Crippen LogP contribution is -2.21. The Bertz CT molecular complexity index is 616. The van der Waals surface area contributed by atoms with Crippen LogP contribution in [-0.2, 0) is 9.84 Å². The highest BCUT2D eigenvalue weighted by Gasteiger charge is 2.14. The zero-order valence-electron chi connectivity index (χ0n) is 11.0. The Balaban J connectivity index is 2.33. The topological polar surface area (TPSA) is 46.2 Å². The van der Waals surface area contributed by atoms with Gasteiger partial charge >= 0.3 is 0 Å². The van der Waals surface area contributed by atoms with E-state index in [0.29, 0.717) is 4.90 Å². The molecule has 0 spiro atoms. The number of sulfone groups is 1. The molecule has 1 N–H and O–H groups in total. The Kier molecular flexibility index (Phi) is 4.39. The van der Waals surface area contributed by atoms with Crippen molar-refractivity contribution in [2.75, 3.05) is 12.8 Å². The van der Waals surface area contributed by atoms with Crippen LogP contribution in [0.1, 0.15) is 24.1 Å². The van der Waals surface area contributed by atoms with Crippen molar-refractivity contribution in [3.05, 3.63) is 52.2 Å². The highest BCUT2D eigenvalue weighted by Crippen LogP contribution is 2.25. The molecule has 0 radical (unpaired) electrons. The predicted octanol–water partition coefficient (Wildman–Crippen LogP) is 2.85. The zero-order chi connectivity index (χ0) is 13.9. The lowest BCUT2D eigenvalue weighted by Gasteiger charge is -2.17. The number of thiophene rings is 1. The maximum absolute atomic E-state index is 11.5. The first-order valence-electron chi connectivity index (χ1n) is 6.08. The monoisotopic (exact) mass is 295 g/mol. The minimum atomic E-state index is -3.13. The largest absolute Gasteiger partial charge is 0.307 e. The van der Waals surface area contributed by atoms with Crippen LogP contribution in [-0.4, -0.2) is 21.2 Å². The van der Waals surface area contributed by atoms with E-state index in [1.165, 1.54) is 11.8 Å². The summed E-state index contributed by atoms with van der Waals surface area (Å²) < 4.78 is 22.9. The van der Waals surface area contributed by atoms with Gasteiger partial charge in [0.2, 0.25) is 0 Å². The minimum Gasteiger partial charge on any atom is -0.307 e. The summed E-state index contributed by atoms with van der Waals surface area (Å²) in [6.07, 6.45) is 1.22. The Morgan fingerprint density at radius 1 is 1.16 bits per heavy atom. The highest BCUT2D eigenvalue weighted by atomic mass is 32.2. The SMILES string of the molecule is CCNC(c1ccc(S(C)(=O)=O)cc1)c1ccsc1. The van der Waals surface area contributed by atoms with E-state index in [4.69, 9.17) is 0 Å². The van der Waals surface area contributed by atoms with Crippen molar-refractivity contribution in [1.29, 1.82) is 0 Å². The summed E-state index contributed by atoms with van der Waals surface area (Å²) in [5.74, 6) is 0. The van der Waals surface area contributed by atoms with Crippen molar-refractivity contribution in [1.82, 2.24) is 5.32 Å². The van der Waals surface area contributed by atoms with Gasteiger partial charge < -0.3 is 5.32 Å². The van der Waals surface area contributed by atoms with E-state index < -0.39 is 9.84 Å². The molecule has 1 heterocycles. The van der Waals surface area contributed by atoms with E-state index in [0.717, 1.165) is 12.1 Å². The van der Waals surface area contributed by atoms with Crippen LogP contribution in [0.15, 0.2) is 46.0 Å². The predicted molar refractivity (Wildman–Crippen MR) is 79.4 cm³/mol. The van der Waals surface area contributed by atoms with Crippen LogP contribution in [0.4, 0.5) is 0 Å². The van der Waals surface area contributed by atoms with Gasteiger partial charge in [-0.05, 0) is 46.6 Å². The summed E-state index contributed by atoms with van der Waals surface area (Å²) in [6, 6.07) is 9.29. The zero-order valence-corrected chi connectivity index (χ0v) is 12.6. The molecule has 5 heteroatoms. The van der Waals surface area contributed by atoms with Crippen molar-refractivity contribution in [2.24, 2.45) is 0 Å². The molecule has 2 aromatic rings. The van der Waals surface area contributed by atoms with Gasteiger partial charge in [-0.2, -0.15) is 11.3 Å². The molecule has 1 unspecified atom stereocenters.